The van der Waals surface area contributed by atoms with E-state index in [4.69, 9.17) is 9.72 Å². The van der Waals surface area contributed by atoms with Crippen molar-refractivity contribution in [1.82, 2.24) is 4.98 Å². The molecular weight excluding hydrogens is 436 g/mol. The maximum absolute atomic E-state index is 12.9. The van der Waals surface area contributed by atoms with E-state index in [1.54, 1.807) is 0 Å². The Morgan fingerprint density at radius 2 is 1.54 bits per heavy atom. The van der Waals surface area contributed by atoms with Crippen molar-refractivity contribution in [3.05, 3.63) is 90.5 Å². The summed E-state index contributed by atoms with van der Waals surface area (Å²) in [5, 5.41) is 1.01. The van der Waals surface area contributed by atoms with E-state index in [-0.39, 0.29) is 12.5 Å². The smallest absolute Gasteiger partial charge is 0.264 e. The summed E-state index contributed by atoms with van der Waals surface area (Å²) < 4.78 is 6.05. The summed E-state index contributed by atoms with van der Waals surface area (Å²) in [5.74, 6) is 1.56. The first-order valence-electron chi connectivity index (χ1n) is 12.2. The van der Waals surface area contributed by atoms with Gasteiger partial charge in [0, 0.05) is 49.5 Å². The molecule has 3 heterocycles. The molecule has 2 aliphatic heterocycles. The van der Waals surface area contributed by atoms with Crippen molar-refractivity contribution in [2.75, 3.05) is 54.0 Å². The number of para-hydroxylation sites is 3. The van der Waals surface area contributed by atoms with Crippen LogP contribution in [0.1, 0.15) is 5.56 Å². The van der Waals surface area contributed by atoms with Crippen LogP contribution in [0.25, 0.3) is 10.9 Å². The number of amides is 1. The van der Waals surface area contributed by atoms with Gasteiger partial charge in [0.15, 0.2) is 6.61 Å². The fourth-order valence-electron chi connectivity index (χ4n) is 5.05. The highest BCUT2D eigenvalue weighted by Crippen LogP contribution is 2.29. The zero-order chi connectivity index (χ0) is 23.6. The predicted octanol–water partition coefficient (Wildman–Crippen LogP) is 4.53. The molecule has 0 N–H and O–H groups in total. The van der Waals surface area contributed by atoms with E-state index in [0.717, 1.165) is 55.0 Å². The summed E-state index contributed by atoms with van der Waals surface area (Å²) in [6, 6.07) is 28.7. The molecule has 176 valence electrons. The SMILES string of the molecule is O=C(COc1cccc2ccc(N3CCN(c4ccccc4)CC3)nc12)N1CCc2ccccc21. The van der Waals surface area contributed by atoms with E-state index in [9.17, 15) is 4.79 Å². The number of piperazine rings is 1. The Labute approximate surface area is 205 Å². The molecule has 0 saturated carbocycles. The fraction of sp³-hybridized carbons (Fsp3) is 0.241. The highest BCUT2D eigenvalue weighted by atomic mass is 16.5. The maximum Gasteiger partial charge on any atom is 0.264 e. The first-order chi connectivity index (χ1) is 17.3. The van der Waals surface area contributed by atoms with Gasteiger partial charge in [-0.3, -0.25) is 4.79 Å². The topological polar surface area (TPSA) is 48.9 Å². The van der Waals surface area contributed by atoms with Gasteiger partial charge in [-0.25, -0.2) is 4.98 Å². The van der Waals surface area contributed by atoms with Crippen LogP contribution in [0.15, 0.2) is 84.9 Å². The third kappa shape index (κ3) is 4.28. The zero-order valence-corrected chi connectivity index (χ0v) is 19.6. The molecule has 0 bridgehead atoms. The highest BCUT2D eigenvalue weighted by Gasteiger charge is 2.25. The van der Waals surface area contributed by atoms with Gasteiger partial charge >= 0.3 is 0 Å². The fourth-order valence-corrected chi connectivity index (χ4v) is 5.05. The molecule has 3 aromatic carbocycles. The lowest BCUT2D eigenvalue weighted by Gasteiger charge is -2.36. The van der Waals surface area contributed by atoms with Crippen molar-refractivity contribution >= 4 is 34.0 Å². The number of hydrogen-bond donors (Lipinski definition) is 0. The molecule has 0 spiro atoms. The number of carbonyl (C=O) groups excluding carboxylic acids is 1. The normalized spacial score (nSPS) is 15.4. The number of anilines is 3. The number of carbonyl (C=O) groups is 1. The number of nitrogens with zero attached hydrogens (tertiary/aromatic N) is 4. The summed E-state index contributed by atoms with van der Waals surface area (Å²) in [6.45, 7) is 4.41. The number of hydrogen-bond acceptors (Lipinski definition) is 5. The van der Waals surface area contributed by atoms with E-state index in [0.29, 0.717) is 12.3 Å². The van der Waals surface area contributed by atoms with Gasteiger partial charge in [-0.1, -0.05) is 48.5 Å². The van der Waals surface area contributed by atoms with Crippen molar-refractivity contribution in [3.8, 4) is 5.75 Å². The Morgan fingerprint density at radius 1 is 0.771 bits per heavy atom. The Balaban J connectivity index is 1.16. The average Bonchev–Trinajstić information content (AvgIpc) is 3.36. The quantitative estimate of drug-likeness (QED) is 0.434. The Hall–Kier alpha value is -4.06. The molecule has 0 atom stereocenters. The molecule has 1 aromatic heterocycles. The Bertz CT molecular complexity index is 1350. The van der Waals surface area contributed by atoms with Crippen LogP contribution in [0.3, 0.4) is 0 Å². The van der Waals surface area contributed by atoms with Crippen molar-refractivity contribution in [2.24, 2.45) is 0 Å². The van der Waals surface area contributed by atoms with Crippen LogP contribution in [0, 0.1) is 0 Å². The standard InChI is InChI=1S/C29H28N4O2/c34-28(33-16-15-22-7-4-5-11-25(22)33)21-35-26-12-6-8-23-13-14-27(30-29(23)26)32-19-17-31(18-20-32)24-9-2-1-3-10-24/h1-14H,15-21H2. The molecule has 0 unspecified atom stereocenters. The highest BCUT2D eigenvalue weighted by molar-refractivity contribution is 5.96. The van der Waals surface area contributed by atoms with Crippen molar-refractivity contribution in [1.29, 1.82) is 0 Å². The van der Waals surface area contributed by atoms with Crippen LogP contribution in [0.2, 0.25) is 0 Å². The summed E-state index contributed by atoms with van der Waals surface area (Å²) in [6.07, 6.45) is 0.888. The number of pyridine rings is 1. The lowest BCUT2D eigenvalue weighted by molar-refractivity contribution is -0.120. The van der Waals surface area contributed by atoms with Crippen LogP contribution >= 0.6 is 0 Å². The van der Waals surface area contributed by atoms with E-state index < -0.39 is 0 Å². The molecule has 1 amide bonds. The van der Waals surface area contributed by atoms with Gasteiger partial charge in [0.05, 0.1) is 0 Å². The van der Waals surface area contributed by atoms with E-state index in [1.165, 1.54) is 11.3 Å². The summed E-state index contributed by atoms with van der Waals surface area (Å²) in [4.78, 5) is 24.5. The van der Waals surface area contributed by atoms with Gasteiger partial charge in [0.25, 0.3) is 5.91 Å². The number of fused-ring (bicyclic) bond motifs is 2. The van der Waals surface area contributed by atoms with Crippen molar-refractivity contribution in [2.45, 2.75) is 6.42 Å². The first-order valence-corrected chi connectivity index (χ1v) is 12.2. The minimum absolute atomic E-state index is 0.00486. The van der Waals surface area contributed by atoms with Crippen LogP contribution < -0.4 is 19.4 Å². The minimum atomic E-state index is -0.0276. The van der Waals surface area contributed by atoms with Crippen molar-refractivity contribution in [3.63, 3.8) is 0 Å². The van der Waals surface area contributed by atoms with Gasteiger partial charge in [-0.2, -0.15) is 0 Å². The minimum Gasteiger partial charge on any atom is -0.481 e. The van der Waals surface area contributed by atoms with E-state index in [2.05, 4.69) is 58.3 Å². The zero-order valence-electron chi connectivity index (χ0n) is 19.6. The van der Waals surface area contributed by atoms with E-state index >= 15 is 0 Å². The second-order valence-corrected chi connectivity index (χ2v) is 9.02. The second-order valence-electron chi connectivity index (χ2n) is 9.02. The summed E-state index contributed by atoms with van der Waals surface area (Å²) in [5.41, 5.74) is 4.27. The van der Waals surface area contributed by atoms with Crippen LogP contribution in [0.4, 0.5) is 17.2 Å². The van der Waals surface area contributed by atoms with Gasteiger partial charge < -0.3 is 19.4 Å². The molecule has 6 heteroatoms. The molecule has 1 fully saturated rings. The second kappa shape index (κ2) is 9.29. The number of rotatable bonds is 5. The first kappa shape index (κ1) is 21.5. The molecule has 35 heavy (non-hydrogen) atoms. The molecular formula is C29H28N4O2. The molecule has 6 nitrogen and oxygen atoms in total. The molecule has 0 aliphatic carbocycles. The largest absolute Gasteiger partial charge is 0.481 e. The van der Waals surface area contributed by atoms with Crippen LogP contribution in [-0.4, -0.2) is 50.2 Å². The van der Waals surface area contributed by atoms with Gasteiger partial charge in [0.2, 0.25) is 0 Å². The van der Waals surface area contributed by atoms with Gasteiger partial charge in [0.1, 0.15) is 17.1 Å². The van der Waals surface area contributed by atoms with Gasteiger partial charge in [-0.15, -0.1) is 0 Å². The molecule has 6 rings (SSSR count). The average molecular weight is 465 g/mol. The molecule has 2 aliphatic rings. The molecule has 0 radical (unpaired) electrons. The molecule has 4 aromatic rings. The third-order valence-corrected chi connectivity index (χ3v) is 6.93. The lowest BCUT2D eigenvalue weighted by Crippen LogP contribution is -2.46. The van der Waals surface area contributed by atoms with Crippen LogP contribution in [0.5, 0.6) is 5.75 Å². The number of aromatic nitrogens is 1. The lowest BCUT2D eigenvalue weighted by atomic mass is 10.2. The Kier molecular flexibility index (Phi) is 5.70. The van der Waals surface area contributed by atoms with Crippen LogP contribution in [-0.2, 0) is 11.2 Å². The number of ether oxygens (including phenoxy) is 1. The third-order valence-electron chi connectivity index (χ3n) is 6.93. The van der Waals surface area contributed by atoms with E-state index in [1.807, 2.05) is 41.3 Å². The van der Waals surface area contributed by atoms with Gasteiger partial charge in [-0.05, 0) is 48.4 Å². The predicted molar refractivity (Wildman–Crippen MR) is 141 cm³/mol. The summed E-state index contributed by atoms with van der Waals surface area (Å²) >= 11 is 0. The molecule has 1 saturated heterocycles. The summed E-state index contributed by atoms with van der Waals surface area (Å²) in [7, 11) is 0. The van der Waals surface area contributed by atoms with Crippen molar-refractivity contribution < 1.29 is 9.53 Å². The number of benzene rings is 3. The monoisotopic (exact) mass is 464 g/mol. The maximum atomic E-state index is 12.9. The Morgan fingerprint density at radius 3 is 2.40 bits per heavy atom.